The Hall–Kier alpha value is -1.10. The summed E-state index contributed by atoms with van der Waals surface area (Å²) in [5.74, 6) is 0.551. The minimum Gasteiger partial charge on any atom is -0.459 e. The first kappa shape index (κ1) is 18.2. The second-order valence-electron chi connectivity index (χ2n) is 8.21. The number of nitrogens with two attached hydrogens (primary N) is 1. The lowest BCUT2D eigenvalue weighted by atomic mass is 9.67. The molecule has 2 rings (SSSR count). The fourth-order valence-electron chi connectivity index (χ4n) is 4.25. The molecule has 0 aromatic rings. The minimum atomic E-state index is -0.583. The molecule has 1 amide bonds. The molecule has 23 heavy (non-hydrogen) atoms. The molecule has 0 aromatic carbocycles. The van der Waals surface area contributed by atoms with Gasteiger partial charge in [-0.25, -0.2) is 0 Å². The molecular formula is C18H32N2O3. The Kier molecular flexibility index (Phi) is 5.71. The van der Waals surface area contributed by atoms with E-state index in [4.69, 9.17) is 10.5 Å². The number of fused-ring (bicyclic) bond motifs is 2. The van der Waals surface area contributed by atoms with Gasteiger partial charge in [0.2, 0.25) is 5.91 Å². The van der Waals surface area contributed by atoms with Crippen molar-refractivity contribution in [2.45, 2.75) is 83.9 Å². The minimum absolute atomic E-state index is 0.0231. The van der Waals surface area contributed by atoms with Crippen LogP contribution in [0, 0.1) is 11.8 Å². The molecule has 5 heteroatoms. The first-order valence-corrected chi connectivity index (χ1v) is 8.97. The van der Waals surface area contributed by atoms with Gasteiger partial charge in [-0.1, -0.05) is 12.8 Å². The molecule has 0 spiro atoms. The highest BCUT2D eigenvalue weighted by Gasteiger charge is 2.42. The Morgan fingerprint density at radius 3 is 2.00 bits per heavy atom. The van der Waals surface area contributed by atoms with Crippen LogP contribution < -0.4 is 5.73 Å². The zero-order valence-electron chi connectivity index (χ0n) is 15.0. The van der Waals surface area contributed by atoms with Crippen LogP contribution in [0.3, 0.4) is 0 Å². The quantitative estimate of drug-likeness (QED) is 0.806. The number of amides is 1. The van der Waals surface area contributed by atoms with Gasteiger partial charge < -0.3 is 15.4 Å². The van der Waals surface area contributed by atoms with E-state index in [9.17, 15) is 9.59 Å². The van der Waals surface area contributed by atoms with Crippen molar-refractivity contribution >= 4 is 11.9 Å². The van der Waals surface area contributed by atoms with E-state index in [2.05, 4.69) is 0 Å². The normalized spacial score (nSPS) is 28.8. The van der Waals surface area contributed by atoms with Crippen molar-refractivity contribution in [2.75, 3.05) is 6.54 Å². The molecule has 0 heterocycles. The molecule has 2 aliphatic carbocycles. The van der Waals surface area contributed by atoms with Crippen LogP contribution in [0.2, 0.25) is 0 Å². The summed E-state index contributed by atoms with van der Waals surface area (Å²) in [5.41, 5.74) is 5.31. The molecule has 0 unspecified atom stereocenters. The van der Waals surface area contributed by atoms with E-state index < -0.39 is 11.6 Å². The highest BCUT2D eigenvalue weighted by molar-refractivity contribution is 5.85. The van der Waals surface area contributed by atoms with Gasteiger partial charge in [0.05, 0.1) is 6.04 Å². The summed E-state index contributed by atoms with van der Waals surface area (Å²) in [4.78, 5) is 26.7. The van der Waals surface area contributed by atoms with E-state index >= 15 is 0 Å². The largest absolute Gasteiger partial charge is 0.459 e. The zero-order valence-corrected chi connectivity index (χ0v) is 15.0. The number of ether oxygens (including phenoxy) is 1. The third kappa shape index (κ3) is 4.69. The summed E-state index contributed by atoms with van der Waals surface area (Å²) in [6, 6.07) is -0.427. The molecule has 0 aliphatic heterocycles. The molecule has 0 saturated heterocycles. The van der Waals surface area contributed by atoms with Gasteiger partial charge in [-0.15, -0.1) is 0 Å². The molecule has 0 radical (unpaired) electrons. The summed E-state index contributed by atoms with van der Waals surface area (Å²) in [6.45, 7) is 7.26. The highest BCUT2D eigenvalue weighted by atomic mass is 16.6. The fraction of sp³-hybridized carbons (Fsp3) is 0.889. The fourth-order valence-corrected chi connectivity index (χ4v) is 4.25. The average molecular weight is 324 g/mol. The lowest BCUT2D eigenvalue weighted by Crippen LogP contribution is -2.57. The van der Waals surface area contributed by atoms with Gasteiger partial charge in [-0.2, -0.15) is 0 Å². The summed E-state index contributed by atoms with van der Waals surface area (Å²) in [5, 5.41) is 0. The monoisotopic (exact) mass is 324 g/mol. The van der Waals surface area contributed by atoms with E-state index in [1.165, 1.54) is 12.8 Å². The zero-order chi connectivity index (χ0) is 17.2. The van der Waals surface area contributed by atoms with Gasteiger partial charge in [-0.05, 0) is 65.2 Å². The summed E-state index contributed by atoms with van der Waals surface area (Å²) in [7, 11) is 0. The van der Waals surface area contributed by atoms with E-state index in [0.29, 0.717) is 11.8 Å². The van der Waals surface area contributed by atoms with Crippen molar-refractivity contribution < 1.29 is 14.3 Å². The third-order valence-electron chi connectivity index (χ3n) is 5.02. The van der Waals surface area contributed by atoms with Gasteiger partial charge in [0, 0.05) is 6.04 Å². The highest BCUT2D eigenvalue weighted by Crippen LogP contribution is 2.42. The van der Waals surface area contributed by atoms with Gasteiger partial charge in [0.25, 0.3) is 0 Å². The van der Waals surface area contributed by atoms with Crippen LogP contribution in [-0.2, 0) is 14.3 Å². The Bertz CT molecular complexity index is 420. The first-order chi connectivity index (χ1) is 10.7. The van der Waals surface area contributed by atoms with E-state index in [1.807, 2.05) is 20.8 Å². The molecular weight excluding hydrogens is 292 g/mol. The van der Waals surface area contributed by atoms with Crippen molar-refractivity contribution in [1.29, 1.82) is 0 Å². The third-order valence-corrected chi connectivity index (χ3v) is 5.02. The predicted octanol–water partition coefficient (Wildman–Crippen LogP) is 2.47. The molecule has 1 atom stereocenters. The summed E-state index contributed by atoms with van der Waals surface area (Å²) in [6.07, 6.45) is 7.07. The molecule has 2 aliphatic rings. The molecule has 2 N–H and O–H groups in total. The topological polar surface area (TPSA) is 72.6 Å². The van der Waals surface area contributed by atoms with Gasteiger partial charge in [0.15, 0.2) is 0 Å². The van der Waals surface area contributed by atoms with E-state index in [1.54, 1.807) is 11.8 Å². The number of hydrogen-bond acceptors (Lipinski definition) is 4. The molecule has 5 nitrogen and oxygen atoms in total. The van der Waals surface area contributed by atoms with Crippen LogP contribution in [-0.4, -0.2) is 41.0 Å². The number of carbonyl (C=O) groups excluding carboxylic acids is 2. The number of rotatable bonds is 4. The maximum atomic E-state index is 12.7. The molecule has 132 valence electrons. The second kappa shape index (κ2) is 7.20. The predicted molar refractivity (Wildman–Crippen MR) is 89.7 cm³/mol. The number of carbonyl (C=O) groups is 2. The van der Waals surface area contributed by atoms with E-state index in [-0.39, 0.29) is 24.5 Å². The van der Waals surface area contributed by atoms with Crippen molar-refractivity contribution in [3.05, 3.63) is 0 Å². The van der Waals surface area contributed by atoms with Crippen molar-refractivity contribution in [2.24, 2.45) is 17.6 Å². The average Bonchev–Trinajstić information content (AvgIpc) is 2.41. The Morgan fingerprint density at radius 1 is 1.13 bits per heavy atom. The van der Waals surface area contributed by atoms with Gasteiger partial charge in [0.1, 0.15) is 12.1 Å². The van der Waals surface area contributed by atoms with Gasteiger partial charge in [-0.3, -0.25) is 9.59 Å². The van der Waals surface area contributed by atoms with Crippen molar-refractivity contribution in [1.82, 2.24) is 4.90 Å². The second-order valence-corrected chi connectivity index (χ2v) is 8.21. The maximum absolute atomic E-state index is 12.7. The number of hydrogen-bond donors (Lipinski definition) is 1. The van der Waals surface area contributed by atoms with Crippen LogP contribution in [0.1, 0.15) is 66.2 Å². The van der Waals surface area contributed by atoms with Crippen molar-refractivity contribution in [3.8, 4) is 0 Å². The van der Waals surface area contributed by atoms with Crippen LogP contribution in [0.4, 0.5) is 0 Å². The van der Waals surface area contributed by atoms with Gasteiger partial charge >= 0.3 is 5.97 Å². The Balaban J connectivity index is 2.17. The van der Waals surface area contributed by atoms with Crippen LogP contribution in [0.25, 0.3) is 0 Å². The SMILES string of the molecule is C[C@H](N)C(=O)N(CC(=O)OC(C)(C)C)C1C2CCCC1CCC2. The van der Waals surface area contributed by atoms with E-state index in [0.717, 1.165) is 25.7 Å². The van der Waals surface area contributed by atoms with Crippen molar-refractivity contribution in [3.63, 3.8) is 0 Å². The lowest BCUT2D eigenvalue weighted by Gasteiger charge is -2.48. The van der Waals surface area contributed by atoms with Crippen LogP contribution >= 0.6 is 0 Å². The standard InChI is InChI=1S/C18H32N2O3/c1-12(19)17(22)20(11-15(21)23-18(2,3)4)16-13-7-5-8-14(16)10-6-9-13/h12-14,16H,5-11,19H2,1-4H3/t12-,13?,14?,16?/m0/s1. The van der Waals surface area contributed by atoms with Crippen LogP contribution in [0.15, 0.2) is 0 Å². The summed E-state index contributed by atoms with van der Waals surface area (Å²) >= 11 is 0. The lowest BCUT2D eigenvalue weighted by molar-refractivity contribution is -0.162. The molecule has 0 aromatic heterocycles. The first-order valence-electron chi connectivity index (χ1n) is 8.97. The summed E-state index contributed by atoms with van der Waals surface area (Å²) < 4.78 is 5.44. The number of esters is 1. The van der Waals surface area contributed by atoms with Crippen LogP contribution in [0.5, 0.6) is 0 Å². The Morgan fingerprint density at radius 2 is 1.61 bits per heavy atom. The smallest absolute Gasteiger partial charge is 0.326 e. The number of nitrogens with zero attached hydrogens (tertiary/aromatic N) is 1. The maximum Gasteiger partial charge on any atom is 0.326 e. The molecule has 2 fully saturated rings. The Labute approximate surface area is 139 Å². The molecule has 2 bridgehead atoms. The molecule has 2 saturated carbocycles.